The molecule has 1 unspecified atom stereocenters. The van der Waals surface area contributed by atoms with Gasteiger partial charge in [0.25, 0.3) is 0 Å². The number of nitrogens with zero attached hydrogens (tertiary/aromatic N) is 1. The molecule has 2 heterocycles. The standard InChI is InChI=1S/C21H13ClN2O3S/c22-16-5-2-1-4-13(16)21(25)26-12-7-8-14-17(10-12)27-20(24)15(11-23)19(14)18-6-3-9-28-18/h1-10,19H,24H2. The van der Waals surface area contributed by atoms with E-state index in [4.69, 9.17) is 26.8 Å². The molecular weight excluding hydrogens is 396 g/mol. The van der Waals surface area contributed by atoms with E-state index < -0.39 is 5.97 Å². The number of benzene rings is 2. The number of thiophene rings is 1. The minimum absolute atomic E-state index is 0.0444. The second-order valence-corrected chi connectivity index (χ2v) is 7.40. The number of fused-ring (bicyclic) bond motifs is 1. The van der Waals surface area contributed by atoms with E-state index in [-0.39, 0.29) is 17.4 Å². The Morgan fingerprint density at radius 3 is 2.75 bits per heavy atom. The first-order chi connectivity index (χ1) is 13.6. The number of carbonyl (C=O) groups excluding carboxylic acids is 1. The SMILES string of the molecule is N#CC1=C(N)Oc2cc(OC(=O)c3ccccc3Cl)ccc2C1c1cccs1. The fraction of sp³-hybridized carbons (Fsp3) is 0.0476. The van der Waals surface area contributed by atoms with Crippen LogP contribution < -0.4 is 15.2 Å². The lowest BCUT2D eigenvalue weighted by Crippen LogP contribution is -2.20. The van der Waals surface area contributed by atoms with Gasteiger partial charge in [0.1, 0.15) is 23.1 Å². The largest absolute Gasteiger partial charge is 0.440 e. The fourth-order valence-electron chi connectivity index (χ4n) is 3.04. The van der Waals surface area contributed by atoms with Gasteiger partial charge in [-0.05, 0) is 29.6 Å². The van der Waals surface area contributed by atoms with Gasteiger partial charge in [0.2, 0.25) is 5.88 Å². The minimum atomic E-state index is -0.572. The van der Waals surface area contributed by atoms with Crippen LogP contribution in [0.2, 0.25) is 5.02 Å². The molecule has 1 aromatic heterocycles. The molecule has 138 valence electrons. The zero-order valence-corrected chi connectivity index (χ0v) is 16.0. The Hall–Kier alpha value is -3.27. The predicted molar refractivity (Wildman–Crippen MR) is 106 cm³/mol. The van der Waals surface area contributed by atoms with E-state index in [1.54, 1.807) is 42.5 Å². The maximum absolute atomic E-state index is 12.4. The number of nitrogens with two attached hydrogens (primary N) is 1. The van der Waals surface area contributed by atoms with Crippen molar-refractivity contribution >= 4 is 28.9 Å². The van der Waals surface area contributed by atoms with Crippen LogP contribution in [0.25, 0.3) is 0 Å². The molecule has 1 aliphatic rings. The molecule has 0 fully saturated rings. The highest BCUT2D eigenvalue weighted by Gasteiger charge is 2.31. The summed E-state index contributed by atoms with van der Waals surface area (Å²) in [5.74, 6) is -0.108. The van der Waals surface area contributed by atoms with Crippen LogP contribution in [0.3, 0.4) is 0 Å². The van der Waals surface area contributed by atoms with Gasteiger partial charge in [0, 0.05) is 16.5 Å². The molecule has 3 aromatic rings. The van der Waals surface area contributed by atoms with E-state index >= 15 is 0 Å². The number of hydrogen-bond acceptors (Lipinski definition) is 6. The summed E-state index contributed by atoms with van der Waals surface area (Å²) in [4.78, 5) is 13.4. The summed E-state index contributed by atoms with van der Waals surface area (Å²) in [6.07, 6.45) is 0. The van der Waals surface area contributed by atoms with Crippen molar-refractivity contribution < 1.29 is 14.3 Å². The molecule has 28 heavy (non-hydrogen) atoms. The molecule has 2 aromatic carbocycles. The van der Waals surface area contributed by atoms with E-state index in [1.807, 2.05) is 17.5 Å². The van der Waals surface area contributed by atoms with Crippen LogP contribution in [0, 0.1) is 11.3 Å². The van der Waals surface area contributed by atoms with E-state index in [0.717, 1.165) is 10.4 Å². The molecule has 0 bridgehead atoms. The van der Waals surface area contributed by atoms with Crippen molar-refractivity contribution in [3.63, 3.8) is 0 Å². The number of ether oxygens (including phenoxy) is 2. The van der Waals surface area contributed by atoms with Gasteiger partial charge in [0.05, 0.1) is 16.5 Å². The van der Waals surface area contributed by atoms with Crippen LogP contribution >= 0.6 is 22.9 Å². The highest BCUT2D eigenvalue weighted by molar-refractivity contribution is 7.10. The third kappa shape index (κ3) is 3.22. The Morgan fingerprint density at radius 1 is 1.21 bits per heavy atom. The van der Waals surface area contributed by atoms with E-state index in [1.165, 1.54) is 11.3 Å². The van der Waals surface area contributed by atoms with Crippen molar-refractivity contribution in [1.29, 1.82) is 5.26 Å². The Balaban J connectivity index is 1.69. The van der Waals surface area contributed by atoms with Crippen molar-refractivity contribution in [2.45, 2.75) is 5.92 Å². The first-order valence-corrected chi connectivity index (χ1v) is 9.56. The number of rotatable bonds is 3. The zero-order valence-electron chi connectivity index (χ0n) is 14.4. The summed E-state index contributed by atoms with van der Waals surface area (Å²) in [5, 5.41) is 11.8. The third-order valence-corrected chi connectivity index (χ3v) is 5.59. The number of halogens is 1. The number of nitriles is 1. The minimum Gasteiger partial charge on any atom is -0.440 e. The molecule has 5 nitrogen and oxygen atoms in total. The normalized spacial score (nSPS) is 15.4. The van der Waals surface area contributed by atoms with Crippen LogP contribution in [-0.4, -0.2) is 5.97 Å². The fourth-order valence-corrected chi connectivity index (χ4v) is 4.10. The van der Waals surface area contributed by atoms with Gasteiger partial charge < -0.3 is 15.2 Å². The van der Waals surface area contributed by atoms with Crippen molar-refractivity contribution in [2.75, 3.05) is 0 Å². The van der Waals surface area contributed by atoms with Crippen LogP contribution in [0.4, 0.5) is 0 Å². The molecule has 0 saturated carbocycles. The van der Waals surface area contributed by atoms with Crippen molar-refractivity contribution in [3.8, 4) is 17.6 Å². The Labute approximate surface area is 170 Å². The monoisotopic (exact) mass is 408 g/mol. The lowest BCUT2D eigenvalue weighted by Gasteiger charge is -2.25. The third-order valence-electron chi connectivity index (χ3n) is 4.32. The summed E-state index contributed by atoms with van der Waals surface area (Å²) < 4.78 is 11.1. The highest BCUT2D eigenvalue weighted by Crippen LogP contribution is 2.44. The molecule has 1 aliphatic heterocycles. The van der Waals surface area contributed by atoms with Crippen molar-refractivity contribution in [1.82, 2.24) is 0 Å². The van der Waals surface area contributed by atoms with E-state index in [0.29, 0.717) is 22.1 Å². The Bertz CT molecular complexity index is 1130. The molecular formula is C21H13ClN2O3S. The van der Waals surface area contributed by atoms with E-state index in [9.17, 15) is 10.1 Å². The Kier molecular flexibility index (Phi) is 4.78. The van der Waals surface area contributed by atoms with Gasteiger partial charge in [-0.1, -0.05) is 35.9 Å². The maximum atomic E-state index is 12.4. The van der Waals surface area contributed by atoms with Crippen LogP contribution in [0.5, 0.6) is 11.5 Å². The first-order valence-electron chi connectivity index (χ1n) is 8.30. The summed E-state index contributed by atoms with van der Waals surface area (Å²) in [7, 11) is 0. The molecule has 0 amide bonds. The molecule has 7 heteroatoms. The Morgan fingerprint density at radius 2 is 2.04 bits per heavy atom. The lowest BCUT2D eigenvalue weighted by molar-refractivity contribution is 0.0734. The highest BCUT2D eigenvalue weighted by atomic mass is 35.5. The van der Waals surface area contributed by atoms with E-state index in [2.05, 4.69) is 6.07 Å². The van der Waals surface area contributed by atoms with Gasteiger partial charge >= 0.3 is 5.97 Å². The number of allylic oxidation sites excluding steroid dienone is 1. The number of hydrogen-bond donors (Lipinski definition) is 1. The lowest BCUT2D eigenvalue weighted by atomic mass is 9.88. The average Bonchev–Trinajstić information content (AvgIpc) is 3.21. The van der Waals surface area contributed by atoms with Crippen molar-refractivity contribution in [3.05, 3.63) is 92.5 Å². The summed E-state index contributed by atoms with van der Waals surface area (Å²) in [5.41, 5.74) is 7.39. The smallest absolute Gasteiger partial charge is 0.345 e. The second-order valence-electron chi connectivity index (χ2n) is 6.01. The van der Waals surface area contributed by atoms with Gasteiger partial charge in [-0.15, -0.1) is 11.3 Å². The molecule has 0 radical (unpaired) electrons. The zero-order chi connectivity index (χ0) is 19.7. The molecule has 2 N–H and O–H groups in total. The maximum Gasteiger partial charge on any atom is 0.345 e. The first kappa shape index (κ1) is 18.1. The quantitative estimate of drug-likeness (QED) is 0.495. The van der Waals surface area contributed by atoms with Gasteiger partial charge in [-0.3, -0.25) is 0 Å². The second kappa shape index (κ2) is 7.39. The summed E-state index contributed by atoms with van der Waals surface area (Å²) in [6, 6.07) is 17.7. The van der Waals surface area contributed by atoms with Crippen molar-refractivity contribution in [2.24, 2.45) is 5.73 Å². The summed E-state index contributed by atoms with van der Waals surface area (Å²) in [6.45, 7) is 0. The van der Waals surface area contributed by atoms with Gasteiger partial charge in [-0.25, -0.2) is 4.79 Å². The summed E-state index contributed by atoms with van der Waals surface area (Å²) >= 11 is 7.58. The molecule has 0 spiro atoms. The number of esters is 1. The number of carbonyl (C=O) groups is 1. The van der Waals surface area contributed by atoms with Crippen LogP contribution in [-0.2, 0) is 0 Å². The predicted octanol–water partition coefficient (Wildman–Crippen LogP) is 4.84. The topological polar surface area (TPSA) is 85.3 Å². The molecule has 0 aliphatic carbocycles. The molecule has 4 rings (SSSR count). The van der Waals surface area contributed by atoms with Crippen LogP contribution in [0.15, 0.2) is 71.4 Å². The van der Waals surface area contributed by atoms with Crippen LogP contribution in [0.1, 0.15) is 26.7 Å². The van der Waals surface area contributed by atoms with Gasteiger partial charge in [0.15, 0.2) is 0 Å². The molecule has 0 saturated heterocycles. The average molecular weight is 409 g/mol. The molecule has 1 atom stereocenters. The van der Waals surface area contributed by atoms with Gasteiger partial charge in [-0.2, -0.15) is 5.26 Å².